The van der Waals surface area contributed by atoms with Crippen molar-refractivity contribution in [2.45, 2.75) is 0 Å². The molecule has 76 valence electrons. The van der Waals surface area contributed by atoms with E-state index >= 15 is 0 Å². The lowest BCUT2D eigenvalue weighted by molar-refractivity contribution is 0.621. The number of anilines is 1. The Kier molecular flexibility index (Phi) is 2.73. The van der Waals surface area contributed by atoms with Crippen molar-refractivity contribution in [2.75, 3.05) is 5.73 Å². The number of hydrogen-bond donors (Lipinski definition) is 1. The maximum atomic E-state index is 13.3. The van der Waals surface area contributed by atoms with Crippen molar-refractivity contribution >= 4 is 21.6 Å². The Hall–Kier alpha value is -1.35. The minimum Gasteiger partial charge on any atom is -0.399 e. The largest absolute Gasteiger partial charge is 0.399 e. The molecule has 0 amide bonds. The molecule has 0 unspecified atom stereocenters. The molecule has 0 aliphatic rings. The second kappa shape index (κ2) is 4.03. The molecule has 15 heavy (non-hydrogen) atoms. The van der Waals surface area contributed by atoms with Gasteiger partial charge < -0.3 is 5.73 Å². The molecule has 0 bridgehead atoms. The Morgan fingerprint density at radius 3 is 2.40 bits per heavy atom. The summed E-state index contributed by atoms with van der Waals surface area (Å²) in [5.41, 5.74) is 8.08. The van der Waals surface area contributed by atoms with Crippen LogP contribution in [0, 0.1) is 5.82 Å². The van der Waals surface area contributed by atoms with Crippen molar-refractivity contribution in [2.24, 2.45) is 0 Å². The van der Waals surface area contributed by atoms with E-state index in [0.29, 0.717) is 10.2 Å². The van der Waals surface area contributed by atoms with Crippen molar-refractivity contribution in [3.05, 3.63) is 52.8 Å². The molecular weight excluding hydrogens is 257 g/mol. The first-order chi connectivity index (χ1) is 7.16. The third kappa shape index (κ3) is 2.18. The summed E-state index contributed by atoms with van der Waals surface area (Å²) in [6.07, 6.45) is 0. The molecule has 0 aromatic heterocycles. The van der Waals surface area contributed by atoms with Crippen molar-refractivity contribution < 1.29 is 4.39 Å². The number of hydrogen-bond acceptors (Lipinski definition) is 1. The van der Waals surface area contributed by atoms with E-state index in [-0.39, 0.29) is 5.82 Å². The molecule has 0 aliphatic heterocycles. The summed E-state index contributed by atoms with van der Waals surface area (Å²) in [5.74, 6) is -0.269. The highest BCUT2D eigenvalue weighted by molar-refractivity contribution is 9.10. The SMILES string of the molecule is Nc1cccc(-c2ccc(Br)c(F)c2)c1. The van der Waals surface area contributed by atoms with Gasteiger partial charge in [-0.3, -0.25) is 0 Å². The molecule has 3 heteroatoms. The highest BCUT2D eigenvalue weighted by atomic mass is 79.9. The lowest BCUT2D eigenvalue weighted by Crippen LogP contribution is -1.86. The summed E-state index contributed by atoms with van der Waals surface area (Å²) in [7, 11) is 0. The third-order valence-corrected chi connectivity index (χ3v) is 2.78. The second-order valence-electron chi connectivity index (χ2n) is 3.25. The third-order valence-electron chi connectivity index (χ3n) is 2.14. The Morgan fingerprint density at radius 1 is 1.00 bits per heavy atom. The minimum atomic E-state index is -0.269. The van der Waals surface area contributed by atoms with Gasteiger partial charge in [-0.25, -0.2) is 4.39 Å². The number of nitrogen functional groups attached to an aromatic ring is 1. The van der Waals surface area contributed by atoms with E-state index < -0.39 is 0 Å². The predicted molar refractivity (Wildman–Crippen MR) is 63.9 cm³/mol. The topological polar surface area (TPSA) is 26.0 Å². The Bertz CT molecular complexity index is 497. The summed E-state index contributed by atoms with van der Waals surface area (Å²) in [6, 6.07) is 12.4. The summed E-state index contributed by atoms with van der Waals surface area (Å²) < 4.78 is 13.8. The Balaban J connectivity index is 2.50. The lowest BCUT2D eigenvalue weighted by Gasteiger charge is -2.03. The molecule has 0 heterocycles. The average molecular weight is 266 g/mol. The van der Waals surface area contributed by atoms with Gasteiger partial charge in [-0.1, -0.05) is 18.2 Å². The van der Waals surface area contributed by atoms with Gasteiger partial charge >= 0.3 is 0 Å². The second-order valence-corrected chi connectivity index (χ2v) is 4.11. The van der Waals surface area contributed by atoms with Crippen molar-refractivity contribution in [3.8, 4) is 11.1 Å². The first kappa shape index (κ1) is 10.2. The standard InChI is InChI=1S/C12H9BrFN/c13-11-5-4-9(7-12(11)14)8-2-1-3-10(15)6-8/h1-7H,15H2. The van der Waals surface area contributed by atoms with E-state index in [4.69, 9.17) is 5.73 Å². The highest BCUT2D eigenvalue weighted by Gasteiger charge is 2.02. The van der Waals surface area contributed by atoms with Crippen LogP contribution in [0.5, 0.6) is 0 Å². The summed E-state index contributed by atoms with van der Waals surface area (Å²) in [6.45, 7) is 0. The fraction of sp³-hybridized carbons (Fsp3) is 0. The van der Waals surface area contributed by atoms with Crippen molar-refractivity contribution in [3.63, 3.8) is 0 Å². The van der Waals surface area contributed by atoms with E-state index in [1.54, 1.807) is 12.1 Å². The van der Waals surface area contributed by atoms with Crippen molar-refractivity contribution in [1.82, 2.24) is 0 Å². The Morgan fingerprint density at radius 2 is 1.73 bits per heavy atom. The normalized spacial score (nSPS) is 10.3. The summed E-state index contributed by atoms with van der Waals surface area (Å²) in [5, 5.41) is 0. The highest BCUT2D eigenvalue weighted by Crippen LogP contribution is 2.25. The fourth-order valence-corrected chi connectivity index (χ4v) is 1.64. The molecule has 0 saturated carbocycles. The Labute approximate surface area is 95.9 Å². The van der Waals surface area contributed by atoms with E-state index in [0.717, 1.165) is 11.1 Å². The zero-order chi connectivity index (χ0) is 10.8. The number of benzene rings is 2. The van der Waals surface area contributed by atoms with Crippen LogP contribution in [0.2, 0.25) is 0 Å². The number of halogens is 2. The summed E-state index contributed by atoms with van der Waals surface area (Å²) in [4.78, 5) is 0. The van der Waals surface area contributed by atoms with Gasteiger partial charge in [-0.15, -0.1) is 0 Å². The molecule has 2 N–H and O–H groups in total. The molecular formula is C12H9BrFN. The van der Waals surface area contributed by atoms with E-state index in [2.05, 4.69) is 15.9 Å². The van der Waals surface area contributed by atoms with E-state index in [9.17, 15) is 4.39 Å². The lowest BCUT2D eigenvalue weighted by atomic mass is 10.1. The van der Waals surface area contributed by atoms with Crippen LogP contribution in [0.3, 0.4) is 0 Å². The molecule has 0 radical (unpaired) electrons. The molecule has 2 aromatic rings. The van der Waals surface area contributed by atoms with Crippen LogP contribution < -0.4 is 5.73 Å². The molecule has 2 rings (SSSR count). The zero-order valence-electron chi connectivity index (χ0n) is 7.87. The van der Waals surface area contributed by atoms with Crippen LogP contribution in [-0.2, 0) is 0 Å². The van der Waals surface area contributed by atoms with Gasteiger partial charge in [0.25, 0.3) is 0 Å². The molecule has 0 atom stereocenters. The van der Waals surface area contributed by atoms with Crippen LogP contribution in [0.4, 0.5) is 10.1 Å². The molecule has 2 aromatic carbocycles. The minimum absolute atomic E-state index is 0.269. The van der Waals surface area contributed by atoms with Crippen LogP contribution in [0.15, 0.2) is 46.9 Å². The molecule has 0 spiro atoms. The first-order valence-electron chi connectivity index (χ1n) is 4.48. The van der Waals surface area contributed by atoms with Gasteiger partial charge in [-0.05, 0) is 51.3 Å². The van der Waals surface area contributed by atoms with E-state index in [1.165, 1.54) is 6.07 Å². The van der Waals surface area contributed by atoms with Crippen LogP contribution in [0.25, 0.3) is 11.1 Å². The fourth-order valence-electron chi connectivity index (χ4n) is 1.39. The van der Waals surface area contributed by atoms with Gasteiger partial charge in [0.1, 0.15) is 5.82 Å². The molecule has 1 nitrogen and oxygen atoms in total. The van der Waals surface area contributed by atoms with Gasteiger partial charge in [0.2, 0.25) is 0 Å². The molecule has 0 fully saturated rings. The maximum Gasteiger partial charge on any atom is 0.137 e. The quantitative estimate of drug-likeness (QED) is 0.780. The summed E-state index contributed by atoms with van der Waals surface area (Å²) >= 11 is 3.12. The van der Waals surface area contributed by atoms with Crippen LogP contribution in [-0.4, -0.2) is 0 Å². The van der Waals surface area contributed by atoms with Gasteiger partial charge in [0, 0.05) is 5.69 Å². The maximum absolute atomic E-state index is 13.3. The van der Waals surface area contributed by atoms with Gasteiger partial charge in [0.05, 0.1) is 4.47 Å². The smallest absolute Gasteiger partial charge is 0.137 e. The predicted octanol–water partition coefficient (Wildman–Crippen LogP) is 3.84. The zero-order valence-corrected chi connectivity index (χ0v) is 9.46. The van der Waals surface area contributed by atoms with Crippen LogP contribution >= 0.6 is 15.9 Å². The number of nitrogens with two attached hydrogens (primary N) is 1. The van der Waals surface area contributed by atoms with Gasteiger partial charge in [-0.2, -0.15) is 0 Å². The average Bonchev–Trinajstić information content (AvgIpc) is 2.22. The van der Waals surface area contributed by atoms with Crippen molar-refractivity contribution in [1.29, 1.82) is 0 Å². The monoisotopic (exact) mass is 265 g/mol. The van der Waals surface area contributed by atoms with Gasteiger partial charge in [0.15, 0.2) is 0 Å². The molecule has 0 aliphatic carbocycles. The van der Waals surface area contributed by atoms with Crippen LogP contribution in [0.1, 0.15) is 0 Å². The molecule has 0 saturated heterocycles. The number of rotatable bonds is 1. The van der Waals surface area contributed by atoms with E-state index in [1.807, 2.05) is 24.3 Å². The first-order valence-corrected chi connectivity index (χ1v) is 5.27.